The Morgan fingerprint density at radius 1 is 1.17 bits per heavy atom. The van der Waals surface area contributed by atoms with Gasteiger partial charge in [0.15, 0.2) is 0 Å². The van der Waals surface area contributed by atoms with Crippen LogP contribution in [0.1, 0.15) is 33.1 Å². The molecule has 2 rings (SSSR count). The number of likely N-dealkylation sites (tertiary alicyclic amines) is 2. The Morgan fingerprint density at radius 3 is 2.28 bits per heavy atom. The first-order valence-corrected chi connectivity index (χ1v) is 7.23. The van der Waals surface area contributed by atoms with E-state index in [1.165, 1.54) is 25.9 Å². The highest BCUT2D eigenvalue weighted by atomic mass is 16.4. The Morgan fingerprint density at radius 2 is 1.78 bits per heavy atom. The average Bonchev–Trinajstić information content (AvgIpc) is 2.96. The molecule has 1 atom stereocenters. The predicted molar refractivity (Wildman–Crippen MR) is 71.6 cm³/mol. The number of hydrogen-bond donors (Lipinski definition) is 1. The maximum Gasteiger partial charge on any atom is 0.311 e. The normalized spacial score (nSPS) is 30.4. The molecule has 18 heavy (non-hydrogen) atoms. The van der Waals surface area contributed by atoms with Crippen molar-refractivity contribution >= 4 is 5.97 Å². The second kappa shape index (κ2) is 5.57. The molecule has 2 aliphatic heterocycles. The lowest BCUT2D eigenvalue weighted by molar-refractivity contribution is -0.151. The van der Waals surface area contributed by atoms with Gasteiger partial charge in [-0.15, -0.1) is 0 Å². The lowest BCUT2D eigenvalue weighted by atomic mass is 9.76. The van der Waals surface area contributed by atoms with Gasteiger partial charge in [0.25, 0.3) is 0 Å². The number of rotatable bonds is 5. The van der Waals surface area contributed by atoms with Crippen LogP contribution in [0.3, 0.4) is 0 Å². The maximum atomic E-state index is 11.5. The number of hydrogen-bond acceptors (Lipinski definition) is 3. The van der Waals surface area contributed by atoms with Gasteiger partial charge in [-0.3, -0.25) is 4.79 Å². The second-order valence-corrected chi connectivity index (χ2v) is 6.19. The van der Waals surface area contributed by atoms with Crippen molar-refractivity contribution in [2.75, 3.05) is 39.3 Å². The minimum absolute atomic E-state index is 0.215. The Labute approximate surface area is 110 Å². The Balaban J connectivity index is 1.84. The molecule has 0 aromatic rings. The van der Waals surface area contributed by atoms with E-state index in [-0.39, 0.29) is 5.92 Å². The van der Waals surface area contributed by atoms with E-state index in [2.05, 4.69) is 9.80 Å². The summed E-state index contributed by atoms with van der Waals surface area (Å²) in [5.41, 5.74) is -0.509. The van der Waals surface area contributed by atoms with Crippen molar-refractivity contribution < 1.29 is 9.90 Å². The van der Waals surface area contributed by atoms with Crippen molar-refractivity contribution in [1.29, 1.82) is 0 Å². The molecule has 4 nitrogen and oxygen atoms in total. The van der Waals surface area contributed by atoms with Crippen molar-refractivity contribution in [2.24, 2.45) is 11.3 Å². The van der Waals surface area contributed by atoms with Gasteiger partial charge in [0.1, 0.15) is 0 Å². The monoisotopic (exact) mass is 254 g/mol. The van der Waals surface area contributed by atoms with Crippen LogP contribution >= 0.6 is 0 Å². The van der Waals surface area contributed by atoms with Gasteiger partial charge >= 0.3 is 5.97 Å². The third-order valence-corrected chi connectivity index (χ3v) is 4.84. The van der Waals surface area contributed by atoms with Gasteiger partial charge in [-0.25, -0.2) is 0 Å². The number of carboxylic acids is 1. The quantitative estimate of drug-likeness (QED) is 0.808. The van der Waals surface area contributed by atoms with Crippen molar-refractivity contribution in [3.05, 3.63) is 0 Å². The fourth-order valence-corrected chi connectivity index (χ4v) is 3.29. The van der Waals surface area contributed by atoms with Crippen molar-refractivity contribution in [3.8, 4) is 0 Å². The summed E-state index contributed by atoms with van der Waals surface area (Å²) in [5.74, 6) is -0.395. The first-order valence-electron chi connectivity index (χ1n) is 7.23. The molecule has 0 radical (unpaired) electrons. The summed E-state index contributed by atoms with van der Waals surface area (Å²) in [5, 5.41) is 9.49. The zero-order chi connectivity index (χ0) is 13.2. The van der Waals surface area contributed by atoms with E-state index < -0.39 is 11.4 Å². The summed E-state index contributed by atoms with van der Waals surface area (Å²) < 4.78 is 0. The molecule has 0 spiro atoms. The minimum Gasteiger partial charge on any atom is -0.481 e. The molecule has 0 amide bonds. The molecule has 2 heterocycles. The van der Waals surface area contributed by atoms with E-state index in [0.717, 1.165) is 32.6 Å². The van der Waals surface area contributed by atoms with Crippen molar-refractivity contribution in [3.63, 3.8) is 0 Å². The summed E-state index contributed by atoms with van der Waals surface area (Å²) in [6, 6.07) is 0. The molecule has 1 unspecified atom stereocenters. The third kappa shape index (κ3) is 2.69. The number of aliphatic carboxylic acids is 1. The summed E-state index contributed by atoms with van der Waals surface area (Å²) in [6.45, 7) is 10.3. The highest BCUT2D eigenvalue weighted by Gasteiger charge is 2.46. The molecule has 0 saturated carbocycles. The molecule has 2 fully saturated rings. The predicted octanol–water partition coefficient (Wildman–Crippen LogP) is 1.51. The molecular formula is C14H26N2O2. The first kappa shape index (κ1) is 13.8. The molecule has 104 valence electrons. The van der Waals surface area contributed by atoms with E-state index in [1.807, 2.05) is 13.8 Å². The van der Waals surface area contributed by atoms with Crippen LogP contribution in [0, 0.1) is 11.3 Å². The first-order chi connectivity index (χ1) is 8.54. The van der Waals surface area contributed by atoms with Crippen LogP contribution in [0.4, 0.5) is 0 Å². The zero-order valence-electron chi connectivity index (χ0n) is 11.7. The smallest absolute Gasteiger partial charge is 0.311 e. The molecular weight excluding hydrogens is 228 g/mol. The Hall–Kier alpha value is -0.610. The molecule has 2 saturated heterocycles. The summed E-state index contributed by atoms with van der Waals surface area (Å²) in [6.07, 6.45) is 3.45. The lowest BCUT2D eigenvalue weighted by Gasteiger charge is -2.29. The lowest BCUT2D eigenvalue weighted by Crippen LogP contribution is -2.40. The molecule has 0 aliphatic carbocycles. The van der Waals surface area contributed by atoms with Crippen LogP contribution < -0.4 is 0 Å². The van der Waals surface area contributed by atoms with Crippen molar-refractivity contribution in [2.45, 2.75) is 33.1 Å². The van der Waals surface area contributed by atoms with E-state index in [4.69, 9.17) is 0 Å². The SMILES string of the molecule is CC(C)C1(C(=O)O)CCN(CCN2CCCC2)C1. The Bertz CT molecular complexity index is 300. The van der Waals surface area contributed by atoms with Gasteiger partial charge in [0, 0.05) is 19.6 Å². The summed E-state index contributed by atoms with van der Waals surface area (Å²) in [4.78, 5) is 16.4. The van der Waals surface area contributed by atoms with E-state index in [1.54, 1.807) is 0 Å². The van der Waals surface area contributed by atoms with E-state index >= 15 is 0 Å². The molecule has 0 bridgehead atoms. The zero-order valence-corrected chi connectivity index (χ0v) is 11.7. The van der Waals surface area contributed by atoms with E-state index in [9.17, 15) is 9.90 Å². The van der Waals surface area contributed by atoms with Gasteiger partial charge < -0.3 is 14.9 Å². The van der Waals surface area contributed by atoms with Crippen LogP contribution in [0.15, 0.2) is 0 Å². The second-order valence-electron chi connectivity index (χ2n) is 6.19. The topological polar surface area (TPSA) is 43.8 Å². The van der Waals surface area contributed by atoms with Crippen LogP contribution in [-0.4, -0.2) is 60.1 Å². The highest BCUT2D eigenvalue weighted by molar-refractivity contribution is 5.75. The van der Waals surface area contributed by atoms with Gasteiger partial charge in [-0.2, -0.15) is 0 Å². The van der Waals surface area contributed by atoms with Crippen LogP contribution in [-0.2, 0) is 4.79 Å². The van der Waals surface area contributed by atoms with Crippen LogP contribution in [0.25, 0.3) is 0 Å². The number of carboxylic acid groups (broad SMARTS) is 1. The third-order valence-electron chi connectivity index (χ3n) is 4.84. The Kier molecular flexibility index (Phi) is 4.28. The maximum absolute atomic E-state index is 11.5. The molecule has 1 N–H and O–H groups in total. The van der Waals surface area contributed by atoms with Gasteiger partial charge in [0.05, 0.1) is 5.41 Å². The largest absolute Gasteiger partial charge is 0.481 e. The molecule has 0 aromatic heterocycles. The highest BCUT2D eigenvalue weighted by Crippen LogP contribution is 2.37. The average molecular weight is 254 g/mol. The van der Waals surface area contributed by atoms with Crippen LogP contribution in [0.2, 0.25) is 0 Å². The minimum atomic E-state index is -0.610. The molecule has 0 aromatic carbocycles. The number of carbonyl (C=O) groups is 1. The fraction of sp³-hybridized carbons (Fsp3) is 0.929. The van der Waals surface area contributed by atoms with E-state index in [0.29, 0.717) is 0 Å². The van der Waals surface area contributed by atoms with Crippen molar-refractivity contribution in [1.82, 2.24) is 9.80 Å². The standard InChI is InChI=1S/C14H26N2O2/c1-12(2)14(13(17)18)5-8-16(11-14)10-9-15-6-3-4-7-15/h12H,3-11H2,1-2H3,(H,17,18). The van der Waals surface area contributed by atoms with Crippen LogP contribution in [0.5, 0.6) is 0 Å². The summed E-state index contributed by atoms with van der Waals surface area (Å²) in [7, 11) is 0. The molecule has 2 aliphatic rings. The van der Waals surface area contributed by atoms with Gasteiger partial charge in [0.2, 0.25) is 0 Å². The van der Waals surface area contributed by atoms with Gasteiger partial charge in [-0.1, -0.05) is 13.8 Å². The number of nitrogens with zero attached hydrogens (tertiary/aromatic N) is 2. The fourth-order valence-electron chi connectivity index (χ4n) is 3.29. The molecule has 4 heteroatoms. The summed E-state index contributed by atoms with van der Waals surface area (Å²) >= 11 is 0. The van der Waals surface area contributed by atoms with Gasteiger partial charge in [-0.05, 0) is 44.8 Å².